The van der Waals surface area contributed by atoms with Gasteiger partial charge in [-0.25, -0.2) is 9.37 Å². The zero-order valence-electron chi connectivity index (χ0n) is 14.8. The van der Waals surface area contributed by atoms with Gasteiger partial charge in [0.05, 0.1) is 17.4 Å². The first kappa shape index (κ1) is 17.0. The third-order valence-corrected chi connectivity index (χ3v) is 5.25. The van der Waals surface area contributed by atoms with Crippen LogP contribution in [0.1, 0.15) is 33.7 Å². The number of fused-ring (bicyclic) bond motifs is 2. The molecule has 0 fully saturated rings. The molecular formula is C19H15ClFN5O2. The van der Waals surface area contributed by atoms with Crippen LogP contribution in [0.5, 0.6) is 0 Å². The van der Waals surface area contributed by atoms with Gasteiger partial charge in [0.25, 0.3) is 5.91 Å². The number of aryl methyl sites for hydroxylation is 1. The van der Waals surface area contributed by atoms with Gasteiger partial charge in [0.15, 0.2) is 16.7 Å². The van der Waals surface area contributed by atoms with Gasteiger partial charge < -0.3 is 14.3 Å². The summed E-state index contributed by atoms with van der Waals surface area (Å²) in [5.41, 5.74) is 2.17. The fourth-order valence-corrected chi connectivity index (χ4v) is 3.97. The molecule has 7 nitrogen and oxygen atoms in total. The van der Waals surface area contributed by atoms with Crippen LogP contribution in [0.2, 0.25) is 5.15 Å². The van der Waals surface area contributed by atoms with Gasteiger partial charge in [0.1, 0.15) is 17.3 Å². The third kappa shape index (κ3) is 2.45. The minimum Gasteiger partial charge on any atom is -0.455 e. The van der Waals surface area contributed by atoms with Crippen molar-refractivity contribution in [1.29, 1.82) is 0 Å². The van der Waals surface area contributed by atoms with Gasteiger partial charge in [-0.1, -0.05) is 23.7 Å². The van der Waals surface area contributed by atoms with Gasteiger partial charge in [0, 0.05) is 31.8 Å². The molecule has 0 unspecified atom stereocenters. The molecule has 4 heterocycles. The number of rotatable bonds is 2. The van der Waals surface area contributed by atoms with E-state index in [-0.39, 0.29) is 16.8 Å². The standard InChI is InChI=1S/C19H15ClFN5O2/c1-25-12(8-14(20)24-25)19(27)26-7-6-11-16(23-9-22-11)17(26)18-15(21)10-4-2-3-5-13(10)28-18/h2-5,8-9,17H,6-7H2,1H3,(H,22,23)/t17-/m0/s1. The smallest absolute Gasteiger partial charge is 0.273 e. The Bertz CT molecular complexity index is 1210. The number of para-hydroxylation sites is 1. The van der Waals surface area contributed by atoms with Gasteiger partial charge in [-0.3, -0.25) is 9.48 Å². The summed E-state index contributed by atoms with van der Waals surface area (Å²) in [5.74, 6) is -0.742. The molecule has 1 amide bonds. The second-order valence-corrected chi connectivity index (χ2v) is 7.06. The van der Waals surface area contributed by atoms with Gasteiger partial charge in [-0.2, -0.15) is 5.10 Å². The first-order valence-electron chi connectivity index (χ1n) is 8.74. The topological polar surface area (TPSA) is 80.0 Å². The maximum Gasteiger partial charge on any atom is 0.273 e. The molecule has 0 saturated heterocycles. The summed E-state index contributed by atoms with van der Waals surface area (Å²) in [6, 6.07) is 7.57. The number of nitrogens with zero attached hydrogens (tertiary/aromatic N) is 4. The lowest BCUT2D eigenvalue weighted by Crippen LogP contribution is -2.41. The number of imidazole rings is 1. The Hall–Kier alpha value is -3.13. The number of nitrogens with one attached hydrogen (secondary N) is 1. The van der Waals surface area contributed by atoms with Crippen LogP contribution in [0, 0.1) is 5.82 Å². The molecule has 3 aromatic heterocycles. The third-order valence-electron chi connectivity index (χ3n) is 5.06. The normalized spacial score (nSPS) is 16.5. The summed E-state index contributed by atoms with van der Waals surface area (Å²) in [7, 11) is 1.64. The highest BCUT2D eigenvalue weighted by molar-refractivity contribution is 6.29. The van der Waals surface area contributed by atoms with Crippen LogP contribution in [-0.2, 0) is 13.5 Å². The van der Waals surface area contributed by atoms with Gasteiger partial charge in [-0.15, -0.1) is 0 Å². The fraction of sp³-hybridized carbons (Fsp3) is 0.211. The van der Waals surface area contributed by atoms with Crippen molar-refractivity contribution in [3.8, 4) is 0 Å². The quantitative estimate of drug-likeness (QED) is 0.559. The van der Waals surface area contributed by atoms with Crippen molar-refractivity contribution in [1.82, 2.24) is 24.6 Å². The molecule has 1 atom stereocenters. The maximum atomic E-state index is 15.2. The van der Waals surface area contributed by atoms with Crippen molar-refractivity contribution in [2.24, 2.45) is 7.05 Å². The van der Waals surface area contributed by atoms with E-state index in [2.05, 4.69) is 15.1 Å². The zero-order valence-corrected chi connectivity index (χ0v) is 15.6. The van der Waals surface area contributed by atoms with E-state index in [1.54, 1.807) is 42.5 Å². The molecule has 9 heteroatoms. The van der Waals surface area contributed by atoms with Crippen molar-refractivity contribution >= 4 is 28.5 Å². The second-order valence-electron chi connectivity index (χ2n) is 6.67. The number of aromatic nitrogens is 4. The van der Waals surface area contributed by atoms with Crippen LogP contribution in [0.25, 0.3) is 11.0 Å². The number of hydrogen-bond acceptors (Lipinski definition) is 4. The average molecular weight is 400 g/mol. The molecule has 142 valence electrons. The summed E-state index contributed by atoms with van der Waals surface area (Å²) in [5, 5.41) is 4.62. The predicted octanol–water partition coefficient (Wildman–Crippen LogP) is 3.47. The molecule has 28 heavy (non-hydrogen) atoms. The highest BCUT2D eigenvalue weighted by Crippen LogP contribution is 2.39. The lowest BCUT2D eigenvalue weighted by atomic mass is 9.99. The number of carbonyl (C=O) groups excluding carboxylic acids is 1. The van der Waals surface area contributed by atoms with E-state index in [0.717, 1.165) is 5.69 Å². The van der Waals surface area contributed by atoms with Crippen LogP contribution < -0.4 is 0 Å². The van der Waals surface area contributed by atoms with Gasteiger partial charge in [-0.05, 0) is 12.1 Å². The van der Waals surface area contributed by atoms with Crippen molar-refractivity contribution in [2.45, 2.75) is 12.5 Å². The molecule has 0 aliphatic carbocycles. The summed E-state index contributed by atoms with van der Waals surface area (Å²) in [4.78, 5) is 22.3. The Morgan fingerprint density at radius 1 is 1.39 bits per heavy atom. The van der Waals surface area contributed by atoms with Crippen molar-refractivity contribution in [3.63, 3.8) is 0 Å². The number of benzene rings is 1. The van der Waals surface area contributed by atoms with Crippen molar-refractivity contribution in [2.75, 3.05) is 6.54 Å². The van der Waals surface area contributed by atoms with Gasteiger partial charge >= 0.3 is 0 Å². The molecule has 0 bridgehead atoms. The number of hydrogen-bond donors (Lipinski definition) is 1. The molecule has 0 radical (unpaired) electrons. The molecule has 5 rings (SSSR count). The number of halogens is 2. The maximum absolute atomic E-state index is 15.2. The minimum absolute atomic E-state index is 0.0656. The van der Waals surface area contributed by atoms with Crippen LogP contribution >= 0.6 is 11.6 Å². The van der Waals surface area contributed by atoms with E-state index >= 15 is 4.39 Å². The fourth-order valence-electron chi connectivity index (χ4n) is 3.75. The summed E-state index contributed by atoms with van der Waals surface area (Å²) in [6.07, 6.45) is 2.12. The lowest BCUT2D eigenvalue weighted by Gasteiger charge is -2.33. The second kappa shape index (κ2) is 6.20. The SMILES string of the molecule is Cn1nc(Cl)cc1C(=O)N1CCc2[nH]cnc2[C@H]1c1oc2ccccc2c1F. The molecule has 1 aromatic carbocycles. The number of aromatic amines is 1. The lowest BCUT2D eigenvalue weighted by molar-refractivity contribution is 0.0657. The van der Waals surface area contributed by atoms with E-state index in [1.807, 2.05) is 0 Å². The Morgan fingerprint density at radius 2 is 2.21 bits per heavy atom. The van der Waals surface area contributed by atoms with E-state index in [9.17, 15) is 4.79 Å². The van der Waals surface area contributed by atoms with E-state index < -0.39 is 11.9 Å². The summed E-state index contributed by atoms with van der Waals surface area (Å²) in [6.45, 7) is 0.373. The molecule has 0 spiro atoms. The molecular weight excluding hydrogens is 385 g/mol. The Labute approximate surface area is 163 Å². The van der Waals surface area contributed by atoms with Crippen molar-refractivity contribution in [3.05, 3.63) is 70.5 Å². The average Bonchev–Trinajstić information content (AvgIpc) is 3.38. The summed E-state index contributed by atoms with van der Waals surface area (Å²) < 4.78 is 22.5. The Balaban J connectivity index is 1.67. The first-order valence-corrected chi connectivity index (χ1v) is 9.12. The molecule has 0 saturated carbocycles. The number of amides is 1. The number of H-pyrrole nitrogens is 1. The Kier molecular flexibility index (Phi) is 3.77. The first-order chi connectivity index (χ1) is 13.5. The molecule has 1 aliphatic heterocycles. The van der Waals surface area contributed by atoms with Crippen molar-refractivity contribution < 1.29 is 13.6 Å². The van der Waals surface area contributed by atoms with Crippen LogP contribution in [0.15, 0.2) is 41.1 Å². The molecule has 4 aromatic rings. The zero-order chi connectivity index (χ0) is 19.4. The highest BCUT2D eigenvalue weighted by atomic mass is 35.5. The Morgan fingerprint density at radius 3 is 2.96 bits per heavy atom. The minimum atomic E-state index is -0.788. The monoisotopic (exact) mass is 399 g/mol. The summed E-state index contributed by atoms with van der Waals surface area (Å²) >= 11 is 5.95. The van der Waals surface area contributed by atoms with E-state index in [0.29, 0.717) is 35.3 Å². The highest BCUT2D eigenvalue weighted by Gasteiger charge is 2.39. The predicted molar refractivity (Wildman–Crippen MR) is 99.6 cm³/mol. The number of furan rings is 1. The number of carbonyl (C=O) groups is 1. The largest absolute Gasteiger partial charge is 0.455 e. The van der Waals surface area contributed by atoms with E-state index in [1.165, 1.54) is 10.7 Å². The van der Waals surface area contributed by atoms with E-state index in [4.69, 9.17) is 16.0 Å². The molecule has 1 N–H and O–H groups in total. The molecule has 1 aliphatic rings. The van der Waals surface area contributed by atoms with Crippen LogP contribution in [0.3, 0.4) is 0 Å². The van der Waals surface area contributed by atoms with Crippen LogP contribution in [-0.4, -0.2) is 37.1 Å². The van der Waals surface area contributed by atoms with Crippen LogP contribution in [0.4, 0.5) is 4.39 Å². The van der Waals surface area contributed by atoms with Gasteiger partial charge in [0.2, 0.25) is 0 Å².